The fourth-order valence-corrected chi connectivity index (χ4v) is 6.07. The van der Waals surface area contributed by atoms with Crippen LogP contribution >= 0.6 is 0 Å². The number of hydrogen-bond donors (Lipinski definition) is 0. The average molecular weight is 723 g/mol. The van der Waals surface area contributed by atoms with Crippen molar-refractivity contribution >= 4 is 0 Å². The van der Waals surface area contributed by atoms with Crippen molar-refractivity contribution in [3.63, 3.8) is 0 Å². The van der Waals surface area contributed by atoms with E-state index in [-0.39, 0.29) is 0 Å². The molecule has 4 fully saturated rings. The second kappa shape index (κ2) is 2.57. The minimum atomic E-state index is 0. The van der Waals surface area contributed by atoms with Crippen LogP contribution in [0.15, 0.2) is 0 Å². The van der Waals surface area contributed by atoms with Gasteiger partial charge in [-0.05, 0) is 12.3 Å². The molecule has 4 aliphatic carbocycles. The SMILES string of the molecule is CC1CC2(C)C[C-]1C1C3CCC(C3)C12.[Rf].[Rf]. The van der Waals surface area contributed by atoms with Gasteiger partial charge in [-0.15, -0.1) is 0 Å². The van der Waals surface area contributed by atoms with E-state index in [1.807, 2.05) is 5.92 Å². The Labute approximate surface area is 87.5 Å². The molecule has 0 spiro atoms. The Morgan fingerprint density at radius 3 is 2.56 bits per heavy atom. The molecule has 0 nitrogen and oxygen atoms in total. The summed E-state index contributed by atoms with van der Waals surface area (Å²) in [6.45, 7) is 5.09. The largest absolute Gasteiger partial charge is 0.307 e. The first-order valence-electron chi connectivity index (χ1n) is 6.55. The first kappa shape index (κ1) is 10.5. The molecule has 6 atom stereocenters. The van der Waals surface area contributed by atoms with Gasteiger partial charge in [0.05, 0.1) is 0 Å². The Morgan fingerprint density at radius 1 is 1.12 bits per heavy atom. The first-order chi connectivity index (χ1) is 6.69. The third-order valence-corrected chi connectivity index (χ3v) is 6.16. The van der Waals surface area contributed by atoms with Gasteiger partial charge in [0.25, 0.3) is 0 Å². The van der Waals surface area contributed by atoms with Gasteiger partial charge < -0.3 is 5.92 Å². The predicted octanol–water partition coefficient (Wildman–Crippen LogP) is 3.67. The van der Waals surface area contributed by atoms with E-state index in [4.69, 9.17) is 0 Å². The standard InChI is InChI=1S/C14H21.2Rf/c1-8-6-14(2)7-11(8)12-9-3-4-10(5-9)13(12)14;;/h8-10,12-13H,3-7H2,1-2H3;;/q-1;;. The zero-order valence-corrected chi connectivity index (χ0v) is 23.6. The summed E-state index contributed by atoms with van der Waals surface area (Å²) in [5.41, 5.74) is 0.749. The van der Waals surface area contributed by atoms with E-state index >= 15 is 0 Å². The summed E-state index contributed by atoms with van der Waals surface area (Å²) in [6.07, 6.45) is 7.77. The minimum Gasteiger partial charge on any atom is -0.307 e. The van der Waals surface area contributed by atoms with Gasteiger partial charge in [0.15, 0.2) is 0 Å². The normalized spacial score (nSPS) is 57.0. The van der Waals surface area contributed by atoms with Crippen LogP contribution in [0, 0.1) is 40.9 Å². The van der Waals surface area contributed by atoms with Crippen molar-refractivity contribution in [3.05, 3.63) is 5.92 Å². The molecule has 0 aromatic rings. The Bertz CT molecular complexity index is 290. The Hall–Kier alpha value is -2.00. The van der Waals surface area contributed by atoms with Crippen LogP contribution in [0.1, 0.15) is 46.0 Å². The topological polar surface area (TPSA) is 0 Å². The molecule has 4 aliphatic rings. The summed E-state index contributed by atoms with van der Waals surface area (Å²) in [5.74, 6) is 7.48. The van der Waals surface area contributed by atoms with Gasteiger partial charge in [-0.25, -0.2) is 0 Å². The van der Waals surface area contributed by atoms with Crippen molar-refractivity contribution in [3.8, 4) is 0 Å². The number of hydrogen-bond acceptors (Lipinski definition) is 0. The quantitative estimate of drug-likeness (QED) is 0.265. The number of rotatable bonds is 0. The third-order valence-electron chi connectivity index (χ3n) is 6.16. The molecule has 4 bridgehead atoms. The average Bonchev–Trinajstić information content (AvgIpc) is 2.78. The first-order valence-corrected chi connectivity index (χ1v) is 6.55. The van der Waals surface area contributed by atoms with Crippen LogP contribution in [0.2, 0.25) is 0 Å². The Kier molecular flexibility index (Phi) is 1.69. The molecule has 2 heteroatoms. The van der Waals surface area contributed by atoms with Crippen LogP contribution in [-0.2, 0) is 0 Å². The van der Waals surface area contributed by atoms with Crippen molar-refractivity contribution in [1.82, 2.24) is 0 Å². The van der Waals surface area contributed by atoms with E-state index < -0.39 is 0 Å². The van der Waals surface area contributed by atoms with Crippen LogP contribution in [0.3, 0.4) is 0 Å². The summed E-state index contributed by atoms with van der Waals surface area (Å²) in [4.78, 5) is 0. The molecule has 0 amide bonds. The molecular formula is C14H21Rf2-. The van der Waals surface area contributed by atoms with Gasteiger partial charge in [-0.2, -0.15) is 18.3 Å². The number of fused-ring (bicyclic) bond motifs is 9. The molecular weight excluding hydrogens is 702 g/mol. The Balaban J connectivity index is 0.000000482. The summed E-state index contributed by atoms with van der Waals surface area (Å²) in [7, 11) is 0. The fraction of sp³-hybridized carbons (Fsp3) is 0.929. The molecule has 4 saturated carbocycles. The molecule has 0 aliphatic heterocycles. The molecule has 6 unspecified atom stereocenters. The molecule has 0 heterocycles. The van der Waals surface area contributed by atoms with Crippen molar-refractivity contribution in [2.24, 2.45) is 35.0 Å². The van der Waals surface area contributed by atoms with Crippen molar-refractivity contribution in [2.45, 2.75) is 46.0 Å². The fourth-order valence-electron chi connectivity index (χ4n) is 6.07. The van der Waals surface area contributed by atoms with Crippen LogP contribution in [0.25, 0.3) is 0 Å². The summed E-state index contributed by atoms with van der Waals surface area (Å²) >= 11 is 0. The van der Waals surface area contributed by atoms with E-state index in [9.17, 15) is 0 Å². The van der Waals surface area contributed by atoms with Crippen LogP contribution in [-0.4, -0.2) is 0 Å². The Morgan fingerprint density at radius 2 is 1.81 bits per heavy atom. The smallest absolute Gasteiger partial charge is 0 e. The van der Waals surface area contributed by atoms with Gasteiger partial charge in [0.2, 0.25) is 0 Å². The molecule has 0 saturated heterocycles. The van der Waals surface area contributed by atoms with Crippen LogP contribution in [0.4, 0.5) is 0 Å². The van der Waals surface area contributed by atoms with E-state index in [0.29, 0.717) is 0 Å². The van der Waals surface area contributed by atoms with Gasteiger partial charge in [-0.1, -0.05) is 50.4 Å². The van der Waals surface area contributed by atoms with Gasteiger partial charge in [0.1, 0.15) is 0 Å². The van der Waals surface area contributed by atoms with Crippen molar-refractivity contribution < 1.29 is 0 Å². The predicted molar refractivity (Wildman–Crippen MR) is 57.6 cm³/mol. The van der Waals surface area contributed by atoms with Gasteiger partial charge in [-0.3, -0.25) is 0 Å². The molecule has 0 aromatic heterocycles. The van der Waals surface area contributed by atoms with Crippen LogP contribution < -0.4 is 0 Å². The molecule has 0 N–H and O–H groups in total. The van der Waals surface area contributed by atoms with E-state index in [0.717, 1.165) is 35.0 Å². The maximum Gasteiger partial charge on any atom is 0 e. The van der Waals surface area contributed by atoms with Crippen LogP contribution in [0.5, 0.6) is 0 Å². The summed E-state index contributed by atoms with van der Waals surface area (Å²) in [6, 6.07) is 0. The molecule has 0 aromatic carbocycles. The molecule has 4 rings (SSSR count). The monoisotopic (exact) mass is 723 g/mol. The molecule has 0 radical (unpaired) electrons. The molecule has 82 valence electrons. The summed E-state index contributed by atoms with van der Waals surface area (Å²) < 4.78 is 0. The second-order valence-corrected chi connectivity index (χ2v) is 6.90. The van der Waals surface area contributed by atoms with Crippen molar-refractivity contribution in [2.75, 3.05) is 0 Å². The van der Waals surface area contributed by atoms with E-state index in [1.54, 1.807) is 19.3 Å². The zero-order chi connectivity index (χ0) is 9.50. The summed E-state index contributed by atoms with van der Waals surface area (Å²) in [5, 5.41) is 0. The van der Waals surface area contributed by atoms with E-state index in [2.05, 4.69) is 13.8 Å². The minimum absolute atomic E-state index is 0. The molecule has 16 heavy (non-hydrogen) atoms. The van der Waals surface area contributed by atoms with Gasteiger partial charge >= 0.3 is 0 Å². The second-order valence-electron chi connectivity index (χ2n) is 6.90. The van der Waals surface area contributed by atoms with E-state index in [1.165, 1.54) is 12.8 Å². The zero-order valence-electron chi connectivity index (χ0n) is 10.8. The third kappa shape index (κ3) is 0.785. The maximum absolute atomic E-state index is 2.60. The maximum atomic E-state index is 2.60. The van der Waals surface area contributed by atoms with Crippen molar-refractivity contribution in [1.29, 1.82) is 0 Å². The van der Waals surface area contributed by atoms with Gasteiger partial charge in [0, 0.05) is 0 Å².